The summed E-state index contributed by atoms with van der Waals surface area (Å²) < 4.78 is 52.1. The van der Waals surface area contributed by atoms with Crippen molar-refractivity contribution in [2.75, 3.05) is 11.5 Å². The van der Waals surface area contributed by atoms with E-state index in [2.05, 4.69) is 3.77 Å². The Hall–Kier alpha value is -0.950. The topological polar surface area (TPSA) is 63.6 Å². The number of halogens is 1. The monoisotopic (exact) mass is 291 g/mol. The summed E-state index contributed by atoms with van der Waals surface area (Å²) in [6.07, 6.45) is 1.50. The lowest BCUT2D eigenvalue weighted by Crippen LogP contribution is -2.08. The molecule has 0 bridgehead atoms. The SMILES string of the molecule is O=S(=O)(Cc1cccc(F)c1)N=S1(=O)CCCC1. The van der Waals surface area contributed by atoms with Crippen LogP contribution in [0.25, 0.3) is 0 Å². The van der Waals surface area contributed by atoms with E-state index in [9.17, 15) is 17.0 Å². The molecule has 0 aliphatic carbocycles. The Labute approximate surface area is 106 Å². The molecule has 1 aromatic carbocycles. The van der Waals surface area contributed by atoms with Crippen molar-refractivity contribution < 1.29 is 17.0 Å². The second kappa shape index (κ2) is 4.97. The minimum atomic E-state index is -3.81. The number of rotatable bonds is 3. The summed E-state index contributed by atoms with van der Waals surface area (Å²) >= 11 is 0. The molecule has 1 heterocycles. The van der Waals surface area contributed by atoms with Crippen LogP contribution in [0.1, 0.15) is 18.4 Å². The Kier molecular flexibility index (Phi) is 3.72. The molecule has 1 aliphatic rings. The fraction of sp³-hybridized carbons (Fsp3) is 0.455. The molecule has 0 N–H and O–H groups in total. The van der Waals surface area contributed by atoms with E-state index in [4.69, 9.17) is 0 Å². The van der Waals surface area contributed by atoms with Gasteiger partial charge in [-0.3, -0.25) is 0 Å². The van der Waals surface area contributed by atoms with Gasteiger partial charge in [-0.05, 0) is 30.5 Å². The molecular formula is C11H14FNO3S2. The van der Waals surface area contributed by atoms with Crippen LogP contribution in [-0.4, -0.2) is 24.1 Å². The molecule has 0 amide bonds. The normalized spacial score (nSPS) is 18.7. The average Bonchev–Trinajstić information content (AvgIpc) is 2.62. The van der Waals surface area contributed by atoms with E-state index in [0.29, 0.717) is 17.1 Å². The lowest BCUT2D eigenvalue weighted by atomic mass is 10.2. The molecule has 100 valence electrons. The number of sulfonamides is 1. The third-order valence-corrected chi connectivity index (χ3v) is 7.21. The summed E-state index contributed by atoms with van der Waals surface area (Å²) in [5.41, 5.74) is 0.319. The lowest BCUT2D eigenvalue weighted by Gasteiger charge is -2.02. The van der Waals surface area contributed by atoms with E-state index >= 15 is 0 Å². The zero-order valence-corrected chi connectivity index (χ0v) is 11.3. The van der Waals surface area contributed by atoms with Gasteiger partial charge in [-0.25, -0.2) is 17.0 Å². The molecular weight excluding hydrogens is 277 g/mol. The predicted molar refractivity (Wildman–Crippen MR) is 68.6 cm³/mol. The van der Waals surface area contributed by atoms with E-state index in [1.165, 1.54) is 18.2 Å². The Balaban J connectivity index is 2.26. The highest BCUT2D eigenvalue weighted by atomic mass is 32.3. The first-order valence-corrected chi connectivity index (χ1v) is 9.06. The second-order valence-electron chi connectivity index (χ2n) is 4.32. The average molecular weight is 291 g/mol. The van der Waals surface area contributed by atoms with Gasteiger partial charge in [0.25, 0.3) is 10.0 Å². The van der Waals surface area contributed by atoms with Gasteiger partial charge in [0.1, 0.15) is 5.82 Å². The summed E-state index contributed by atoms with van der Waals surface area (Å²) in [5, 5.41) is 0. The van der Waals surface area contributed by atoms with Crippen molar-refractivity contribution in [1.82, 2.24) is 0 Å². The fourth-order valence-electron chi connectivity index (χ4n) is 1.90. The Morgan fingerprint density at radius 1 is 1.28 bits per heavy atom. The molecule has 0 unspecified atom stereocenters. The van der Waals surface area contributed by atoms with Crippen molar-refractivity contribution in [2.24, 2.45) is 3.77 Å². The first kappa shape index (κ1) is 13.5. The first-order valence-electron chi connectivity index (χ1n) is 5.60. The van der Waals surface area contributed by atoms with Crippen molar-refractivity contribution >= 4 is 19.8 Å². The highest BCUT2D eigenvalue weighted by Crippen LogP contribution is 2.17. The maximum Gasteiger partial charge on any atom is 0.265 e. The Bertz CT molecular complexity index is 649. The van der Waals surface area contributed by atoms with Crippen LogP contribution in [0.15, 0.2) is 28.0 Å². The molecule has 7 heteroatoms. The van der Waals surface area contributed by atoms with Crippen LogP contribution >= 0.6 is 0 Å². The highest BCUT2D eigenvalue weighted by Gasteiger charge is 2.21. The van der Waals surface area contributed by atoms with E-state index in [0.717, 1.165) is 18.9 Å². The number of nitrogens with zero attached hydrogens (tertiary/aromatic N) is 1. The fourth-order valence-corrected chi connectivity index (χ4v) is 6.48. The summed E-state index contributed by atoms with van der Waals surface area (Å²) in [6.45, 7) is 0. The van der Waals surface area contributed by atoms with E-state index in [1.54, 1.807) is 0 Å². The lowest BCUT2D eigenvalue weighted by molar-refractivity contribution is 0.596. The van der Waals surface area contributed by atoms with Crippen LogP contribution in [0.2, 0.25) is 0 Å². The summed E-state index contributed by atoms with van der Waals surface area (Å²) in [7, 11) is -6.41. The molecule has 4 nitrogen and oxygen atoms in total. The van der Waals surface area contributed by atoms with Gasteiger partial charge in [0.05, 0.1) is 15.5 Å². The maximum absolute atomic E-state index is 12.9. The third-order valence-electron chi connectivity index (χ3n) is 2.66. The van der Waals surface area contributed by atoms with Gasteiger partial charge in [0, 0.05) is 11.5 Å². The Morgan fingerprint density at radius 3 is 2.56 bits per heavy atom. The molecule has 0 saturated carbocycles. The molecule has 18 heavy (non-hydrogen) atoms. The maximum atomic E-state index is 12.9. The van der Waals surface area contributed by atoms with Gasteiger partial charge < -0.3 is 0 Å². The summed E-state index contributed by atoms with van der Waals surface area (Å²) in [4.78, 5) is 0. The molecule has 1 saturated heterocycles. The summed E-state index contributed by atoms with van der Waals surface area (Å²) in [6, 6.07) is 5.34. The number of benzene rings is 1. The van der Waals surface area contributed by atoms with Gasteiger partial charge >= 0.3 is 0 Å². The van der Waals surface area contributed by atoms with Crippen LogP contribution in [0.3, 0.4) is 0 Å². The van der Waals surface area contributed by atoms with Crippen molar-refractivity contribution in [2.45, 2.75) is 18.6 Å². The number of hydrogen-bond acceptors (Lipinski definition) is 3. The van der Waals surface area contributed by atoms with Crippen LogP contribution in [-0.2, 0) is 25.5 Å². The predicted octanol–water partition coefficient (Wildman–Crippen LogP) is 1.92. The Morgan fingerprint density at radius 2 is 1.94 bits per heavy atom. The van der Waals surface area contributed by atoms with Gasteiger partial charge in [-0.15, -0.1) is 3.77 Å². The molecule has 0 atom stereocenters. The highest BCUT2D eigenvalue weighted by molar-refractivity contribution is 8.03. The van der Waals surface area contributed by atoms with Crippen LogP contribution in [0, 0.1) is 5.82 Å². The van der Waals surface area contributed by atoms with Crippen LogP contribution in [0.4, 0.5) is 4.39 Å². The van der Waals surface area contributed by atoms with E-state index in [-0.39, 0.29) is 0 Å². The van der Waals surface area contributed by atoms with Crippen LogP contribution in [0.5, 0.6) is 0 Å². The standard InChI is InChI=1S/C11H14FNO3S2/c12-11-5-3-4-10(8-11)9-18(15,16)13-17(14)6-1-2-7-17/h3-5,8H,1-2,6-7,9H2. The van der Waals surface area contributed by atoms with Crippen LogP contribution < -0.4 is 0 Å². The van der Waals surface area contributed by atoms with Gasteiger partial charge in [0.2, 0.25) is 0 Å². The largest absolute Gasteiger partial charge is 0.265 e. The molecule has 0 radical (unpaired) electrons. The van der Waals surface area contributed by atoms with E-state index in [1.807, 2.05) is 0 Å². The third kappa shape index (κ3) is 3.52. The second-order valence-corrected chi connectivity index (χ2v) is 8.73. The van der Waals surface area contributed by atoms with Gasteiger partial charge in [0.15, 0.2) is 0 Å². The molecule has 0 aromatic heterocycles. The minimum Gasteiger partial charge on any atom is -0.249 e. The zero-order valence-electron chi connectivity index (χ0n) is 9.71. The van der Waals surface area contributed by atoms with Crippen molar-refractivity contribution in [3.8, 4) is 0 Å². The smallest absolute Gasteiger partial charge is 0.249 e. The number of hydrogen-bond donors (Lipinski definition) is 0. The molecule has 0 spiro atoms. The quantitative estimate of drug-likeness (QED) is 0.854. The first-order chi connectivity index (χ1) is 8.39. The van der Waals surface area contributed by atoms with Crippen molar-refractivity contribution in [3.63, 3.8) is 0 Å². The molecule has 1 fully saturated rings. The zero-order chi connectivity index (χ0) is 13.2. The van der Waals surface area contributed by atoms with E-state index < -0.39 is 31.3 Å². The summed E-state index contributed by atoms with van der Waals surface area (Å²) in [5.74, 6) is -0.209. The van der Waals surface area contributed by atoms with Crippen molar-refractivity contribution in [3.05, 3.63) is 35.6 Å². The van der Waals surface area contributed by atoms with Gasteiger partial charge in [-0.2, -0.15) is 0 Å². The molecule has 1 aromatic rings. The minimum absolute atomic E-state index is 0.319. The molecule has 2 rings (SSSR count). The molecule has 1 aliphatic heterocycles. The van der Waals surface area contributed by atoms with Crippen molar-refractivity contribution in [1.29, 1.82) is 0 Å². The van der Waals surface area contributed by atoms with Gasteiger partial charge in [-0.1, -0.05) is 12.1 Å².